The first-order chi connectivity index (χ1) is 5.59. The molecule has 0 bridgehead atoms. The molecule has 0 aromatic heterocycles. The summed E-state index contributed by atoms with van der Waals surface area (Å²) in [4.78, 5) is 20.3. The number of hydrogen-bond donors (Lipinski definition) is 0. The zero-order valence-electron chi connectivity index (χ0n) is 6.11. The van der Waals surface area contributed by atoms with Gasteiger partial charge in [0, 0.05) is 6.42 Å². The zero-order valence-corrected chi connectivity index (χ0v) is 6.11. The maximum Gasteiger partial charge on any atom is 0.0850 e. The van der Waals surface area contributed by atoms with Gasteiger partial charge in [-0.25, -0.2) is 0 Å². The monoisotopic (exact) mass is 170 g/mol. The van der Waals surface area contributed by atoms with E-state index in [1.54, 1.807) is 0 Å². The first kappa shape index (κ1) is 8.73. The van der Waals surface area contributed by atoms with Gasteiger partial charge in [0.15, 0.2) is 0 Å². The average Bonchev–Trinajstić information content (AvgIpc) is 2.68. The van der Waals surface area contributed by atoms with Crippen LogP contribution >= 0.6 is 0 Å². The van der Waals surface area contributed by atoms with Crippen LogP contribution in [0.2, 0.25) is 0 Å². The molecular formula is C7H6O5-2. The second-order valence-corrected chi connectivity index (χ2v) is 2.44. The standard InChI is InChI=1S/C7H8O5/c8-6(9)2-4(7(10)11)1-5-3-12-5/h2,5H,1,3H2,(H,8,9)(H,10,11)/p-2/b4-2-. The molecule has 12 heavy (non-hydrogen) atoms. The lowest BCUT2D eigenvalue weighted by Crippen LogP contribution is -2.28. The van der Waals surface area contributed by atoms with Crippen LogP contribution < -0.4 is 10.2 Å². The van der Waals surface area contributed by atoms with Crippen molar-refractivity contribution in [3.8, 4) is 0 Å². The molecule has 1 unspecified atom stereocenters. The average molecular weight is 170 g/mol. The Morgan fingerprint density at radius 3 is 2.42 bits per heavy atom. The molecule has 1 rings (SSSR count). The number of epoxide rings is 1. The van der Waals surface area contributed by atoms with Crippen molar-refractivity contribution in [1.82, 2.24) is 0 Å². The van der Waals surface area contributed by atoms with E-state index < -0.39 is 11.9 Å². The largest absolute Gasteiger partial charge is 0.545 e. The minimum Gasteiger partial charge on any atom is -0.545 e. The molecule has 0 aromatic carbocycles. The molecule has 1 fully saturated rings. The zero-order chi connectivity index (χ0) is 9.14. The number of carbonyl (C=O) groups is 2. The summed E-state index contributed by atoms with van der Waals surface area (Å²) >= 11 is 0. The molecular weight excluding hydrogens is 164 g/mol. The Hall–Kier alpha value is -1.36. The van der Waals surface area contributed by atoms with Gasteiger partial charge in [0.25, 0.3) is 0 Å². The van der Waals surface area contributed by atoms with Crippen molar-refractivity contribution >= 4 is 11.9 Å². The van der Waals surface area contributed by atoms with Gasteiger partial charge < -0.3 is 24.5 Å². The van der Waals surface area contributed by atoms with Crippen LogP contribution in [0.1, 0.15) is 6.42 Å². The fourth-order valence-electron chi connectivity index (χ4n) is 0.775. The summed E-state index contributed by atoms with van der Waals surface area (Å²) in [5.41, 5.74) is -0.294. The molecule has 0 N–H and O–H groups in total. The lowest BCUT2D eigenvalue weighted by Gasteiger charge is -2.06. The Bertz CT molecular complexity index is 238. The molecule has 0 amide bonds. The molecule has 1 saturated heterocycles. The molecule has 0 spiro atoms. The fraction of sp³-hybridized carbons (Fsp3) is 0.429. The lowest BCUT2D eigenvalue weighted by atomic mass is 10.1. The van der Waals surface area contributed by atoms with Gasteiger partial charge in [-0.05, 0) is 11.6 Å². The van der Waals surface area contributed by atoms with Crippen LogP contribution in [-0.4, -0.2) is 24.6 Å². The van der Waals surface area contributed by atoms with Crippen LogP contribution in [0.4, 0.5) is 0 Å². The van der Waals surface area contributed by atoms with E-state index in [2.05, 4.69) is 0 Å². The van der Waals surface area contributed by atoms with Crippen LogP contribution in [0.5, 0.6) is 0 Å². The van der Waals surface area contributed by atoms with E-state index in [9.17, 15) is 19.8 Å². The number of carbonyl (C=O) groups excluding carboxylic acids is 2. The molecule has 0 aromatic rings. The maximum absolute atomic E-state index is 10.3. The Labute approximate surface area is 68.3 Å². The van der Waals surface area contributed by atoms with E-state index in [0.717, 1.165) is 0 Å². The van der Waals surface area contributed by atoms with E-state index in [4.69, 9.17) is 4.74 Å². The van der Waals surface area contributed by atoms with Crippen molar-refractivity contribution in [2.24, 2.45) is 0 Å². The first-order valence-corrected chi connectivity index (χ1v) is 3.34. The van der Waals surface area contributed by atoms with Gasteiger partial charge in [-0.2, -0.15) is 0 Å². The minimum atomic E-state index is -1.53. The van der Waals surface area contributed by atoms with E-state index >= 15 is 0 Å². The van der Waals surface area contributed by atoms with Crippen LogP contribution in [0.15, 0.2) is 11.6 Å². The Morgan fingerprint density at radius 2 is 2.08 bits per heavy atom. The van der Waals surface area contributed by atoms with E-state index in [1.807, 2.05) is 0 Å². The molecule has 1 atom stereocenters. The SMILES string of the molecule is O=C([O-])/C=C(/CC1CO1)C(=O)[O-]. The van der Waals surface area contributed by atoms with E-state index in [-0.39, 0.29) is 18.1 Å². The van der Waals surface area contributed by atoms with Crippen molar-refractivity contribution in [3.63, 3.8) is 0 Å². The summed E-state index contributed by atoms with van der Waals surface area (Å²) in [6.45, 7) is 0.470. The van der Waals surface area contributed by atoms with Crippen molar-refractivity contribution in [1.29, 1.82) is 0 Å². The summed E-state index contributed by atoms with van der Waals surface area (Å²) in [7, 11) is 0. The van der Waals surface area contributed by atoms with Crippen LogP contribution in [0, 0.1) is 0 Å². The molecule has 0 saturated carbocycles. The van der Waals surface area contributed by atoms with Gasteiger partial charge in [0.2, 0.25) is 0 Å². The van der Waals surface area contributed by atoms with Crippen LogP contribution in [0.3, 0.4) is 0 Å². The van der Waals surface area contributed by atoms with Crippen molar-refractivity contribution < 1.29 is 24.5 Å². The van der Waals surface area contributed by atoms with Gasteiger partial charge in [-0.1, -0.05) is 0 Å². The summed E-state index contributed by atoms with van der Waals surface area (Å²) in [5.74, 6) is -3.02. The maximum atomic E-state index is 10.3. The highest BCUT2D eigenvalue weighted by atomic mass is 16.6. The van der Waals surface area contributed by atoms with Crippen molar-refractivity contribution in [2.75, 3.05) is 6.61 Å². The number of carboxylic acid groups (broad SMARTS) is 2. The first-order valence-electron chi connectivity index (χ1n) is 3.34. The molecule has 5 nitrogen and oxygen atoms in total. The molecule has 0 radical (unpaired) electrons. The molecule has 66 valence electrons. The predicted octanol–water partition coefficient (Wildman–Crippen LogP) is -2.80. The van der Waals surface area contributed by atoms with E-state index in [0.29, 0.717) is 12.7 Å². The van der Waals surface area contributed by atoms with E-state index in [1.165, 1.54) is 0 Å². The molecule has 5 heteroatoms. The summed E-state index contributed by atoms with van der Waals surface area (Å²) < 4.78 is 4.73. The molecule has 1 aliphatic heterocycles. The quantitative estimate of drug-likeness (QED) is 0.335. The second kappa shape index (κ2) is 3.36. The Kier molecular flexibility index (Phi) is 2.44. The number of hydrogen-bond acceptors (Lipinski definition) is 5. The number of rotatable bonds is 4. The third kappa shape index (κ3) is 2.71. The van der Waals surface area contributed by atoms with Crippen molar-refractivity contribution in [2.45, 2.75) is 12.5 Å². The highest BCUT2D eigenvalue weighted by Gasteiger charge is 2.23. The third-order valence-electron chi connectivity index (χ3n) is 1.40. The highest BCUT2D eigenvalue weighted by molar-refractivity contribution is 5.92. The minimum absolute atomic E-state index is 0.0658. The Balaban J connectivity index is 2.58. The Morgan fingerprint density at radius 1 is 1.50 bits per heavy atom. The summed E-state index contributed by atoms with van der Waals surface area (Å²) in [6, 6.07) is 0. The predicted molar refractivity (Wildman–Crippen MR) is 32.5 cm³/mol. The molecule has 1 aliphatic rings. The molecule has 1 heterocycles. The summed E-state index contributed by atoms with van der Waals surface area (Å²) in [5, 5.41) is 20.3. The van der Waals surface area contributed by atoms with Crippen molar-refractivity contribution in [3.05, 3.63) is 11.6 Å². The number of aliphatic carboxylic acids is 2. The number of carboxylic acids is 2. The summed E-state index contributed by atoms with van der Waals surface area (Å²) in [6.07, 6.45) is 0.418. The lowest BCUT2D eigenvalue weighted by molar-refractivity contribution is -0.303. The van der Waals surface area contributed by atoms with Gasteiger partial charge in [0.05, 0.1) is 24.6 Å². The second-order valence-electron chi connectivity index (χ2n) is 2.44. The van der Waals surface area contributed by atoms with Gasteiger partial charge in [-0.3, -0.25) is 0 Å². The molecule has 0 aliphatic carbocycles. The third-order valence-corrected chi connectivity index (χ3v) is 1.40. The van der Waals surface area contributed by atoms with Crippen LogP contribution in [-0.2, 0) is 14.3 Å². The van der Waals surface area contributed by atoms with Gasteiger partial charge in [-0.15, -0.1) is 0 Å². The van der Waals surface area contributed by atoms with Crippen LogP contribution in [0.25, 0.3) is 0 Å². The van der Waals surface area contributed by atoms with Gasteiger partial charge >= 0.3 is 0 Å². The topological polar surface area (TPSA) is 92.8 Å². The normalized spacial score (nSPS) is 22.0. The number of ether oxygens (including phenoxy) is 1. The smallest absolute Gasteiger partial charge is 0.0850 e. The van der Waals surface area contributed by atoms with Gasteiger partial charge in [0.1, 0.15) is 0 Å². The fourth-order valence-corrected chi connectivity index (χ4v) is 0.775. The highest BCUT2D eigenvalue weighted by Crippen LogP contribution is 2.18.